The highest BCUT2D eigenvalue weighted by atomic mass is 35.5. The number of anilines is 2. The average Bonchev–Trinajstić information content (AvgIpc) is 2.76. The minimum Gasteiger partial charge on any atom is -0.477 e. The lowest BCUT2D eigenvalue weighted by Gasteiger charge is -2.08. The zero-order chi connectivity index (χ0) is 15.6. The smallest absolute Gasteiger partial charge is 0.354 e. The molecule has 8 heteroatoms. The summed E-state index contributed by atoms with van der Waals surface area (Å²) in [5, 5.41) is 13.4. The van der Waals surface area contributed by atoms with Crippen molar-refractivity contribution in [2.45, 2.75) is 6.92 Å². The van der Waals surface area contributed by atoms with Gasteiger partial charge in [-0.05, 0) is 25.1 Å². The highest BCUT2D eigenvalue weighted by Gasteiger charge is 2.16. The average molecular weight is 312 g/mol. The molecule has 0 saturated heterocycles. The van der Waals surface area contributed by atoms with E-state index < -0.39 is 17.8 Å². The molecule has 1 aromatic carbocycles. The van der Waals surface area contributed by atoms with E-state index in [9.17, 15) is 14.0 Å². The molecule has 2 rings (SSSR count). The number of carbonyl (C=O) groups is 2. The van der Waals surface area contributed by atoms with Crippen molar-refractivity contribution in [2.75, 3.05) is 10.6 Å². The van der Waals surface area contributed by atoms with Crippen LogP contribution >= 0.6 is 11.6 Å². The first-order valence-electron chi connectivity index (χ1n) is 5.83. The number of carboxylic acid groups (broad SMARTS) is 1. The summed E-state index contributed by atoms with van der Waals surface area (Å²) in [5.74, 6) is -1.98. The Labute approximate surface area is 123 Å². The number of carbonyl (C=O) groups excluding carboxylic acids is 1. The highest BCUT2D eigenvalue weighted by Crippen LogP contribution is 2.22. The summed E-state index contributed by atoms with van der Waals surface area (Å²) in [6.07, 6.45) is 0. The molecule has 0 aliphatic heterocycles. The molecule has 0 saturated carbocycles. The van der Waals surface area contributed by atoms with Gasteiger partial charge >= 0.3 is 12.0 Å². The van der Waals surface area contributed by atoms with Crippen LogP contribution in [0.25, 0.3) is 0 Å². The Kier molecular flexibility index (Phi) is 4.13. The van der Waals surface area contributed by atoms with Crippen LogP contribution in [0.3, 0.4) is 0 Å². The zero-order valence-electron chi connectivity index (χ0n) is 10.8. The number of rotatable bonds is 3. The third-order valence-corrected chi connectivity index (χ3v) is 2.91. The molecular formula is C13H11ClFN3O3. The van der Waals surface area contributed by atoms with E-state index in [4.69, 9.17) is 16.7 Å². The van der Waals surface area contributed by atoms with Crippen LogP contribution in [-0.4, -0.2) is 22.1 Å². The van der Waals surface area contributed by atoms with Crippen LogP contribution in [0, 0.1) is 12.7 Å². The van der Waals surface area contributed by atoms with Gasteiger partial charge in [-0.3, -0.25) is 0 Å². The predicted octanol–water partition coefficient (Wildman–Crippen LogP) is 3.46. The SMILES string of the molecule is Cc1cc(NC(=O)Nc2cccc(Cl)c2F)c(C(=O)O)[nH]1. The molecule has 0 unspecified atom stereocenters. The number of nitrogens with one attached hydrogen (secondary N) is 3. The number of aromatic nitrogens is 1. The number of aromatic carboxylic acids is 1. The Morgan fingerprint density at radius 1 is 1.29 bits per heavy atom. The first kappa shape index (κ1) is 14.9. The van der Waals surface area contributed by atoms with Crippen LogP contribution in [0.15, 0.2) is 24.3 Å². The van der Waals surface area contributed by atoms with Crippen molar-refractivity contribution in [2.24, 2.45) is 0 Å². The monoisotopic (exact) mass is 311 g/mol. The van der Waals surface area contributed by atoms with E-state index in [-0.39, 0.29) is 22.1 Å². The molecule has 110 valence electrons. The third-order valence-electron chi connectivity index (χ3n) is 2.61. The number of carboxylic acids is 1. The van der Waals surface area contributed by atoms with Gasteiger partial charge in [-0.1, -0.05) is 17.7 Å². The van der Waals surface area contributed by atoms with Crippen LogP contribution in [0.4, 0.5) is 20.6 Å². The number of aromatic amines is 1. The summed E-state index contributed by atoms with van der Waals surface area (Å²) in [7, 11) is 0. The van der Waals surface area contributed by atoms with Crippen molar-refractivity contribution < 1.29 is 19.1 Å². The lowest BCUT2D eigenvalue weighted by Crippen LogP contribution is -2.21. The quantitative estimate of drug-likeness (QED) is 0.699. The molecule has 0 atom stereocenters. The minimum atomic E-state index is -1.22. The first-order valence-corrected chi connectivity index (χ1v) is 6.21. The maximum absolute atomic E-state index is 13.6. The normalized spacial score (nSPS) is 10.2. The van der Waals surface area contributed by atoms with E-state index in [0.717, 1.165) is 0 Å². The van der Waals surface area contributed by atoms with Gasteiger partial charge in [-0.25, -0.2) is 14.0 Å². The van der Waals surface area contributed by atoms with Gasteiger partial charge in [0.05, 0.1) is 16.4 Å². The molecule has 6 nitrogen and oxygen atoms in total. The van der Waals surface area contributed by atoms with Gasteiger partial charge in [0.1, 0.15) is 5.69 Å². The van der Waals surface area contributed by atoms with Gasteiger partial charge in [0.25, 0.3) is 0 Å². The van der Waals surface area contributed by atoms with Crippen molar-refractivity contribution in [1.82, 2.24) is 4.98 Å². The maximum atomic E-state index is 13.6. The fraction of sp³-hybridized carbons (Fsp3) is 0.0769. The molecule has 4 N–H and O–H groups in total. The van der Waals surface area contributed by atoms with E-state index in [2.05, 4.69) is 15.6 Å². The standard InChI is InChI=1S/C13H11ClFN3O3/c1-6-5-9(11(16-6)12(19)20)18-13(21)17-8-4-2-3-7(14)10(8)15/h2-5,16H,1H3,(H,19,20)(H2,17,18,21). The second-order valence-electron chi connectivity index (χ2n) is 4.23. The second kappa shape index (κ2) is 5.84. The van der Waals surface area contributed by atoms with Crippen LogP contribution < -0.4 is 10.6 Å². The molecule has 0 spiro atoms. The van der Waals surface area contributed by atoms with Crippen molar-refractivity contribution >= 4 is 35.0 Å². The molecule has 21 heavy (non-hydrogen) atoms. The number of halogens is 2. The number of hydrogen-bond acceptors (Lipinski definition) is 2. The molecule has 1 aromatic heterocycles. The summed E-state index contributed by atoms with van der Waals surface area (Å²) in [6, 6.07) is 4.83. The largest absolute Gasteiger partial charge is 0.477 e. The number of benzene rings is 1. The van der Waals surface area contributed by atoms with Crippen LogP contribution in [0.2, 0.25) is 5.02 Å². The summed E-state index contributed by atoms with van der Waals surface area (Å²) in [5.41, 5.74) is 0.384. The number of H-pyrrole nitrogens is 1. The van der Waals surface area contributed by atoms with Gasteiger partial charge in [-0.2, -0.15) is 0 Å². The van der Waals surface area contributed by atoms with Crippen LogP contribution in [0.1, 0.15) is 16.2 Å². The lowest BCUT2D eigenvalue weighted by atomic mass is 10.3. The summed E-state index contributed by atoms with van der Waals surface area (Å²) >= 11 is 5.60. The molecule has 0 radical (unpaired) electrons. The molecule has 1 heterocycles. The Morgan fingerprint density at radius 2 is 1.95 bits per heavy atom. The third kappa shape index (κ3) is 3.32. The molecule has 0 aliphatic carbocycles. The van der Waals surface area contributed by atoms with Gasteiger partial charge in [0, 0.05) is 5.69 Å². The summed E-state index contributed by atoms with van der Waals surface area (Å²) in [4.78, 5) is 25.4. The second-order valence-corrected chi connectivity index (χ2v) is 4.63. The fourth-order valence-electron chi connectivity index (χ4n) is 1.73. The highest BCUT2D eigenvalue weighted by molar-refractivity contribution is 6.31. The van der Waals surface area contributed by atoms with Crippen molar-refractivity contribution in [3.8, 4) is 0 Å². The number of urea groups is 1. The Bertz CT molecular complexity index is 715. The minimum absolute atomic E-state index is 0.0833. The van der Waals surface area contributed by atoms with Gasteiger partial charge in [0.15, 0.2) is 5.82 Å². The van der Waals surface area contributed by atoms with E-state index in [0.29, 0.717) is 5.69 Å². The number of hydrogen-bond donors (Lipinski definition) is 4. The lowest BCUT2D eigenvalue weighted by molar-refractivity contribution is 0.0692. The Morgan fingerprint density at radius 3 is 2.62 bits per heavy atom. The zero-order valence-corrected chi connectivity index (χ0v) is 11.6. The van der Waals surface area contributed by atoms with Gasteiger partial charge in [-0.15, -0.1) is 0 Å². The molecule has 2 aromatic rings. The maximum Gasteiger partial charge on any atom is 0.354 e. The molecule has 0 bridgehead atoms. The molecule has 0 aliphatic rings. The first-order chi connectivity index (χ1) is 9.88. The van der Waals surface area contributed by atoms with E-state index in [1.807, 2.05) is 0 Å². The molecule has 0 fully saturated rings. The van der Waals surface area contributed by atoms with E-state index >= 15 is 0 Å². The summed E-state index contributed by atoms with van der Waals surface area (Å²) in [6.45, 7) is 1.65. The molecule has 2 amide bonds. The number of amides is 2. The van der Waals surface area contributed by atoms with E-state index in [1.165, 1.54) is 24.3 Å². The van der Waals surface area contributed by atoms with Gasteiger partial charge < -0.3 is 20.7 Å². The predicted molar refractivity (Wildman–Crippen MR) is 76.5 cm³/mol. The van der Waals surface area contributed by atoms with Crippen LogP contribution in [-0.2, 0) is 0 Å². The van der Waals surface area contributed by atoms with Crippen LogP contribution in [0.5, 0.6) is 0 Å². The Balaban J connectivity index is 2.16. The van der Waals surface area contributed by atoms with Crippen molar-refractivity contribution in [3.63, 3.8) is 0 Å². The Hall–Kier alpha value is -2.54. The van der Waals surface area contributed by atoms with Gasteiger partial charge in [0.2, 0.25) is 0 Å². The summed E-state index contributed by atoms with van der Waals surface area (Å²) < 4.78 is 13.6. The van der Waals surface area contributed by atoms with E-state index in [1.54, 1.807) is 6.92 Å². The topological polar surface area (TPSA) is 94.2 Å². The number of aryl methyl sites for hydroxylation is 1. The molecular weight excluding hydrogens is 301 g/mol. The van der Waals surface area contributed by atoms with Crippen molar-refractivity contribution in [1.29, 1.82) is 0 Å². The van der Waals surface area contributed by atoms with Crippen molar-refractivity contribution in [3.05, 3.63) is 46.5 Å². The fourth-order valence-corrected chi connectivity index (χ4v) is 1.91.